The molecule has 0 spiro atoms. The van der Waals surface area contributed by atoms with Crippen LogP contribution in [0.1, 0.15) is 58.2 Å². The summed E-state index contributed by atoms with van der Waals surface area (Å²) in [5.74, 6) is 0. The second kappa shape index (κ2) is 5.29. The van der Waals surface area contributed by atoms with Gasteiger partial charge in [-0.1, -0.05) is 40.5 Å². The van der Waals surface area contributed by atoms with Gasteiger partial charge in [-0.25, -0.2) is 0 Å². The summed E-state index contributed by atoms with van der Waals surface area (Å²) in [6.45, 7) is 8.98. The molecule has 0 radical (unpaired) electrons. The summed E-state index contributed by atoms with van der Waals surface area (Å²) in [6.07, 6.45) is 6.91. The fourth-order valence-electron chi connectivity index (χ4n) is 1.64. The number of aryl methyl sites for hydroxylation is 1. The number of aromatic nitrogens is 1. The summed E-state index contributed by atoms with van der Waals surface area (Å²) in [6, 6.07) is 4.39. The Morgan fingerprint density at radius 2 is 1.93 bits per heavy atom. The first kappa shape index (κ1) is 12.2. The molecule has 0 aliphatic rings. The van der Waals surface area contributed by atoms with Crippen LogP contribution in [-0.4, -0.2) is 4.98 Å². The van der Waals surface area contributed by atoms with E-state index in [1.807, 2.05) is 6.20 Å². The molecule has 15 heavy (non-hydrogen) atoms. The van der Waals surface area contributed by atoms with Crippen LogP contribution in [0.2, 0.25) is 0 Å². The van der Waals surface area contributed by atoms with Crippen molar-refractivity contribution in [2.45, 2.75) is 58.8 Å². The van der Waals surface area contributed by atoms with E-state index in [0.717, 1.165) is 6.42 Å². The van der Waals surface area contributed by atoms with Crippen molar-refractivity contribution >= 4 is 0 Å². The maximum atomic E-state index is 4.42. The first-order valence-corrected chi connectivity index (χ1v) is 5.99. The molecule has 0 aliphatic heterocycles. The molecule has 1 heterocycles. The lowest BCUT2D eigenvalue weighted by Gasteiger charge is -2.19. The quantitative estimate of drug-likeness (QED) is 0.674. The van der Waals surface area contributed by atoms with Crippen molar-refractivity contribution in [3.8, 4) is 0 Å². The highest BCUT2D eigenvalue weighted by molar-refractivity contribution is 5.23. The molecule has 0 aliphatic carbocycles. The van der Waals surface area contributed by atoms with Gasteiger partial charge in [0.1, 0.15) is 0 Å². The van der Waals surface area contributed by atoms with Crippen LogP contribution in [0.4, 0.5) is 0 Å². The van der Waals surface area contributed by atoms with Crippen molar-refractivity contribution in [1.29, 1.82) is 0 Å². The molecular formula is C14H23N. The second-order valence-electron chi connectivity index (χ2n) is 5.24. The number of pyridine rings is 1. The monoisotopic (exact) mass is 205 g/mol. The highest BCUT2D eigenvalue weighted by Crippen LogP contribution is 2.22. The molecule has 0 unspecified atom stereocenters. The molecule has 1 aromatic heterocycles. The van der Waals surface area contributed by atoms with Crippen LogP contribution in [-0.2, 0) is 11.8 Å². The Labute approximate surface area is 93.9 Å². The van der Waals surface area contributed by atoms with Crippen molar-refractivity contribution in [1.82, 2.24) is 4.98 Å². The number of hydrogen-bond donors (Lipinski definition) is 0. The van der Waals surface area contributed by atoms with Crippen LogP contribution in [0.5, 0.6) is 0 Å². The van der Waals surface area contributed by atoms with Crippen LogP contribution in [0.25, 0.3) is 0 Å². The van der Waals surface area contributed by atoms with E-state index < -0.39 is 0 Å². The van der Waals surface area contributed by atoms with Crippen LogP contribution < -0.4 is 0 Å². The number of nitrogens with zero attached hydrogens (tertiary/aromatic N) is 1. The highest BCUT2D eigenvalue weighted by Gasteiger charge is 2.13. The van der Waals surface area contributed by atoms with Crippen LogP contribution >= 0.6 is 0 Å². The Kier molecular flexibility index (Phi) is 4.31. The summed E-state index contributed by atoms with van der Waals surface area (Å²) < 4.78 is 0. The molecule has 84 valence electrons. The lowest BCUT2D eigenvalue weighted by Crippen LogP contribution is -2.11. The van der Waals surface area contributed by atoms with Gasteiger partial charge in [0.15, 0.2) is 0 Å². The Balaban J connectivity index is 2.66. The fraction of sp³-hybridized carbons (Fsp3) is 0.643. The van der Waals surface area contributed by atoms with Gasteiger partial charge in [0, 0.05) is 11.9 Å². The fourth-order valence-corrected chi connectivity index (χ4v) is 1.64. The zero-order valence-electron chi connectivity index (χ0n) is 10.5. The lowest BCUT2D eigenvalue weighted by atomic mass is 9.87. The third-order valence-electron chi connectivity index (χ3n) is 2.72. The van der Waals surface area contributed by atoms with E-state index in [9.17, 15) is 0 Å². The lowest BCUT2D eigenvalue weighted by molar-refractivity contribution is 0.586. The number of hydrogen-bond acceptors (Lipinski definition) is 1. The van der Waals surface area contributed by atoms with Gasteiger partial charge in [-0.3, -0.25) is 4.98 Å². The van der Waals surface area contributed by atoms with Crippen molar-refractivity contribution in [2.75, 3.05) is 0 Å². The molecule has 1 aromatic rings. The van der Waals surface area contributed by atoms with Gasteiger partial charge in [-0.05, 0) is 36.0 Å². The van der Waals surface area contributed by atoms with E-state index in [4.69, 9.17) is 0 Å². The van der Waals surface area contributed by atoms with E-state index >= 15 is 0 Å². The smallest absolute Gasteiger partial charge is 0.0406 e. The van der Waals surface area contributed by atoms with Gasteiger partial charge in [0.05, 0.1) is 0 Å². The standard InChI is InChI=1S/C14H23N/c1-5-6-7-8-13-11-12(9-10-15-13)14(2,3)4/h9-11H,5-8H2,1-4H3. The zero-order chi connectivity index (χ0) is 11.3. The Morgan fingerprint density at radius 1 is 1.20 bits per heavy atom. The summed E-state index contributed by atoms with van der Waals surface area (Å²) in [5.41, 5.74) is 2.88. The van der Waals surface area contributed by atoms with Crippen molar-refractivity contribution in [2.24, 2.45) is 0 Å². The minimum atomic E-state index is 0.239. The molecule has 1 nitrogen and oxygen atoms in total. The molecule has 0 saturated heterocycles. The predicted octanol–water partition coefficient (Wildman–Crippen LogP) is 4.11. The van der Waals surface area contributed by atoms with Gasteiger partial charge >= 0.3 is 0 Å². The van der Waals surface area contributed by atoms with Crippen LogP contribution in [0.15, 0.2) is 18.3 Å². The molecule has 1 rings (SSSR count). The molecule has 0 amide bonds. The summed E-state index contributed by atoms with van der Waals surface area (Å²) >= 11 is 0. The average Bonchev–Trinajstić information content (AvgIpc) is 2.17. The first-order chi connectivity index (χ1) is 7.04. The van der Waals surface area contributed by atoms with Crippen LogP contribution in [0.3, 0.4) is 0 Å². The molecule has 0 saturated carbocycles. The summed E-state index contributed by atoms with van der Waals surface area (Å²) in [5, 5.41) is 0. The minimum absolute atomic E-state index is 0.239. The van der Waals surface area contributed by atoms with Gasteiger partial charge in [0.25, 0.3) is 0 Å². The van der Waals surface area contributed by atoms with E-state index in [0.29, 0.717) is 0 Å². The minimum Gasteiger partial charge on any atom is -0.261 e. The van der Waals surface area contributed by atoms with E-state index in [1.54, 1.807) is 0 Å². The molecule has 1 heteroatoms. The molecule has 0 atom stereocenters. The first-order valence-electron chi connectivity index (χ1n) is 5.99. The van der Waals surface area contributed by atoms with E-state index in [1.165, 1.54) is 30.5 Å². The van der Waals surface area contributed by atoms with Gasteiger partial charge in [-0.15, -0.1) is 0 Å². The summed E-state index contributed by atoms with van der Waals surface area (Å²) in [4.78, 5) is 4.42. The van der Waals surface area contributed by atoms with Crippen LogP contribution in [0, 0.1) is 0 Å². The maximum Gasteiger partial charge on any atom is 0.0406 e. The maximum absolute atomic E-state index is 4.42. The average molecular weight is 205 g/mol. The molecule has 0 fully saturated rings. The topological polar surface area (TPSA) is 12.9 Å². The predicted molar refractivity (Wildman–Crippen MR) is 66.2 cm³/mol. The van der Waals surface area contributed by atoms with E-state index in [2.05, 4.69) is 44.8 Å². The zero-order valence-corrected chi connectivity index (χ0v) is 10.5. The SMILES string of the molecule is CCCCCc1cc(C(C)(C)C)ccn1. The van der Waals surface area contributed by atoms with Gasteiger partial charge < -0.3 is 0 Å². The third kappa shape index (κ3) is 4.03. The van der Waals surface area contributed by atoms with Gasteiger partial charge in [-0.2, -0.15) is 0 Å². The van der Waals surface area contributed by atoms with Crippen molar-refractivity contribution in [3.05, 3.63) is 29.6 Å². The van der Waals surface area contributed by atoms with Crippen molar-refractivity contribution < 1.29 is 0 Å². The number of rotatable bonds is 4. The van der Waals surface area contributed by atoms with Gasteiger partial charge in [0.2, 0.25) is 0 Å². The number of unbranched alkanes of at least 4 members (excludes halogenated alkanes) is 2. The molecule has 0 bridgehead atoms. The Morgan fingerprint density at radius 3 is 2.53 bits per heavy atom. The molecule has 0 N–H and O–H groups in total. The Bertz CT molecular complexity index is 296. The largest absolute Gasteiger partial charge is 0.261 e. The molecule has 0 aromatic carbocycles. The summed E-state index contributed by atoms with van der Waals surface area (Å²) in [7, 11) is 0. The third-order valence-corrected chi connectivity index (χ3v) is 2.72. The van der Waals surface area contributed by atoms with Crippen molar-refractivity contribution in [3.63, 3.8) is 0 Å². The van der Waals surface area contributed by atoms with E-state index in [-0.39, 0.29) is 5.41 Å². The normalized spacial score (nSPS) is 11.7. The second-order valence-corrected chi connectivity index (χ2v) is 5.24. The highest BCUT2D eigenvalue weighted by atomic mass is 14.7. The Hall–Kier alpha value is -0.850. The molecular weight excluding hydrogens is 182 g/mol.